The van der Waals surface area contributed by atoms with E-state index in [9.17, 15) is 24.3 Å². The second-order valence-electron chi connectivity index (χ2n) is 15.2. The Kier molecular flexibility index (Phi) is 11.1. The number of nitrogens with zero attached hydrogens (tertiary/aromatic N) is 3. The molecule has 4 amide bonds. The molecule has 4 aromatic rings. The molecule has 1 spiro atoms. The van der Waals surface area contributed by atoms with Crippen molar-refractivity contribution in [3.8, 4) is 0 Å². The van der Waals surface area contributed by atoms with E-state index >= 15 is 0 Å². The molecule has 3 N–H and O–H groups in total. The third kappa shape index (κ3) is 7.88. The van der Waals surface area contributed by atoms with Crippen molar-refractivity contribution in [1.29, 1.82) is 0 Å². The normalized spacial score (nSPS) is 24.8. The van der Waals surface area contributed by atoms with Gasteiger partial charge in [-0.1, -0.05) is 91.9 Å². The molecular formula is C44H47N5O8. The van der Waals surface area contributed by atoms with Crippen LogP contribution in [0.2, 0.25) is 0 Å². The van der Waals surface area contributed by atoms with Gasteiger partial charge in [0.2, 0.25) is 11.8 Å². The molecule has 0 aromatic heterocycles. The molecule has 13 heteroatoms. The van der Waals surface area contributed by atoms with Crippen molar-refractivity contribution in [1.82, 2.24) is 15.5 Å². The molecule has 1 unspecified atom stereocenters. The first kappa shape index (κ1) is 38.3. The van der Waals surface area contributed by atoms with Gasteiger partial charge in [0.05, 0.1) is 37.6 Å². The number of carbonyl (C=O) groups is 4. The number of amides is 4. The Labute approximate surface area is 331 Å². The van der Waals surface area contributed by atoms with Crippen LogP contribution in [0, 0.1) is 5.92 Å². The number of nitrogens with one attached hydrogen (secondary N) is 2. The molecule has 0 saturated carbocycles. The number of hydrogen-bond donors (Lipinski definition) is 3. The predicted molar refractivity (Wildman–Crippen MR) is 210 cm³/mol. The van der Waals surface area contributed by atoms with Crippen molar-refractivity contribution in [3.63, 3.8) is 0 Å². The lowest BCUT2D eigenvalue weighted by molar-refractivity contribution is -0.276. The summed E-state index contributed by atoms with van der Waals surface area (Å²) in [5, 5.41) is 15.3. The van der Waals surface area contributed by atoms with Gasteiger partial charge in [0, 0.05) is 36.8 Å². The number of para-hydroxylation sites is 1. The molecular weight excluding hydrogens is 727 g/mol. The Morgan fingerprint density at radius 2 is 1.56 bits per heavy atom. The molecule has 296 valence electrons. The van der Waals surface area contributed by atoms with Crippen LogP contribution in [0.25, 0.3) is 0 Å². The number of aliphatic hydroxyl groups is 1. The van der Waals surface area contributed by atoms with Gasteiger partial charge in [-0.15, -0.1) is 0 Å². The lowest BCUT2D eigenvalue weighted by Gasteiger charge is -2.46. The zero-order chi connectivity index (χ0) is 39.5. The van der Waals surface area contributed by atoms with Crippen molar-refractivity contribution >= 4 is 35.2 Å². The molecule has 0 bridgehead atoms. The minimum Gasteiger partial charge on any atom is -0.445 e. The molecule has 8 rings (SSSR count). The van der Waals surface area contributed by atoms with E-state index in [1.165, 1.54) is 0 Å². The van der Waals surface area contributed by atoms with Gasteiger partial charge in [0.1, 0.15) is 18.2 Å². The van der Waals surface area contributed by atoms with Crippen molar-refractivity contribution in [2.45, 2.75) is 69.5 Å². The lowest BCUT2D eigenvalue weighted by atomic mass is 9.84. The maximum absolute atomic E-state index is 13.6. The number of aliphatic hydroxyl groups excluding tert-OH is 1. The summed E-state index contributed by atoms with van der Waals surface area (Å²) in [6.07, 6.45) is -1.14. The Morgan fingerprint density at radius 3 is 2.28 bits per heavy atom. The minimum atomic E-state index is -1.07. The van der Waals surface area contributed by atoms with Gasteiger partial charge < -0.3 is 39.8 Å². The highest BCUT2D eigenvalue weighted by atomic mass is 16.7. The number of imide groups is 1. The summed E-state index contributed by atoms with van der Waals surface area (Å²) >= 11 is 0. The third-order valence-electron chi connectivity index (χ3n) is 11.7. The van der Waals surface area contributed by atoms with Crippen LogP contribution in [0.4, 0.5) is 16.2 Å². The smallest absolute Gasteiger partial charge is 0.408 e. The Bertz CT molecular complexity index is 2080. The molecule has 4 aliphatic rings. The van der Waals surface area contributed by atoms with Gasteiger partial charge in [-0.2, -0.15) is 0 Å². The van der Waals surface area contributed by atoms with Crippen LogP contribution in [-0.4, -0.2) is 77.8 Å². The van der Waals surface area contributed by atoms with Gasteiger partial charge in [-0.25, -0.2) is 9.69 Å². The number of carbonyl (C=O) groups excluding carboxylic acids is 4. The highest BCUT2D eigenvalue weighted by Gasteiger charge is 2.51. The number of piperidine rings is 1. The van der Waals surface area contributed by atoms with Crippen molar-refractivity contribution < 1.29 is 38.5 Å². The fourth-order valence-corrected chi connectivity index (χ4v) is 8.45. The number of hydrogen-bond acceptors (Lipinski definition) is 10. The summed E-state index contributed by atoms with van der Waals surface area (Å²) in [6.45, 7) is 4.55. The second-order valence-corrected chi connectivity index (χ2v) is 15.2. The van der Waals surface area contributed by atoms with E-state index in [1.54, 1.807) is 18.2 Å². The van der Waals surface area contributed by atoms with Crippen molar-refractivity contribution in [2.24, 2.45) is 5.92 Å². The molecule has 4 aliphatic heterocycles. The van der Waals surface area contributed by atoms with Crippen LogP contribution in [-0.2, 0) is 41.8 Å². The highest BCUT2D eigenvalue weighted by Crippen LogP contribution is 2.43. The number of alkyl carbamates (subject to hydrolysis) is 1. The average molecular weight is 774 g/mol. The fraction of sp³-hybridized carbons (Fsp3) is 0.364. The van der Waals surface area contributed by atoms with Gasteiger partial charge in [-0.05, 0) is 53.8 Å². The summed E-state index contributed by atoms with van der Waals surface area (Å²) in [7, 11) is 0. The molecule has 4 saturated heterocycles. The van der Waals surface area contributed by atoms with Crippen LogP contribution < -0.4 is 20.4 Å². The Hall–Kier alpha value is -5.60. The standard InChI is InChI=1S/C44H47N5O8/c1-29-37(25-47-21-19-44(20-22-47)42(53)45-28-48(44)34-12-6-3-7-13-34)56-41(57-39(29)32-17-15-30(26-50)16-18-32)33-11-8-14-35(23-33)49-38(51)24-36(40(49)52)46-43(54)55-27-31-9-4-2-5-10-31/h2-18,23,29,36-37,39,41,50H,19-22,24-28H2,1H3,(H,45,53)(H,46,54)/t29-,36?,37+,39+,41+/m1/s1. The van der Waals surface area contributed by atoms with Gasteiger partial charge in [0.25, 0.3) is 5.91 Å². The molecule has 4 heterocycles. The van der Waals surface area contributed by atoms with Crippen LogP contribution in [0.1, 0.15) is 60.8 Å². The molecule has 13 nitrogen and oxygen atoms in total. The number of anilines is 2. The molecule has 0 radical (unpaired) electrons. The van der Waals surface area contributed by atoms with Crippen LogP contribution in [0.5, 0.6) is 0 Å². The van der Waals surface area contributed by atoms with E-state index in [0.717, 1.165) is 27.3 Å². The summed E-state index contributed by atoms with van der Waals surface area (Å²) in [5.41, 5.74) is 3.91. The quantitative estimate of drug-likeness (QED) is 0.189. The topological polar surface area (TPSA) is 150 Å². The number of ether oxygens (including phenoxy) is 3. The third-order valence-corrected chi connectivity index (χ3v) is 11.7. The van der Waals surface area contributed by atoms with Gasteiger partial charge in [0.15, 0.2) is 6.29 Å². The second kappa shape index (κ2) is 16.5. The van der Waals surface area contributed by atoms with E-state index in [4.69, 9.17) is 14.2 Å². The summed E-state index contributed by atoms with van der Waals surface area (Å²) < 4.78 is 18.8. The van der Waals surface area contributed by atoms with E-state index in [0.29, 0.717) is 50.4 Å². The molecule has 5 atom stereocenters. The van der Waals surface area contributed by atoms with Crippen molar-refractivity contribution in [3.05, 3.63) is 131 Å². The van der Waals surface area contributed by atoms with Crippen LogP contribution >= 0.6 is 0 Å². The monoisotopic (exact) mass is 773 g/mol. The predicted octanol–water partition coefficient (Wildman–Crippen LogP) is 4.96. The molecule has 57 heavy (non-hydrogen) atoms. The summed E-state index contributed by atoms with van der Waals surface area (Å²) in [4.78, 5) is 58.4. The first-order chi connectivity index (χ1) is 27.7. The van der Waals surface area contributed by atoms with Crippen LogP contribution in [0.3, 0.4) is 0 Å². The fourth-order valence-electron chi connectivity index (χ4n) is 8.45. The molecule has 4 aromatic carbocycles. The number of benzene rings is 4. The van der Waals surface area contributed by atoms with E-state index in [2.05, 4.69) is 27.4 Å². The molecule has 0 aliphatic carbocycles. The average Bonchev–Trinajstić information content (AvgIpc) is 3.71. The lowest BCUT2D eigenvalue weighted by Crippen LogP contribution is -2.57. The SMILES string of the molecule is C[C@@H]1[C@H](CN2CCC3(CC2)C(=O)NCN3c2ccccc2)O[C@H](c2cccc(N3C(=O)CC(NC(=O)OCc4ccccc4)C3=O)c2)O[C@@H]1c1ccc(CO)cc1. The minimum absolute atomic E-state index is 0.0312. The highest BCUT2D eigenvalue weighted by molar-refractivity contribution is 6.23. The summed E-state index contributed by atoms with van der Waals surface area (Å²) in [6, 6.07) is 32.8. The maximum Gasteiger partial charge on any atom is 0.408 e. The number of rotatable bonds is 10. The number of likely N-dealkylation sites (tertiary alicyclic amines) is 1. The first-order valence-electron chi connectivity index (χ1n) is 19.5. The van der Waals surface area contributed by atoms with E-state index in [-0.39, 0.29) is 43.7 Å². The van der Waals surface area contributed by atoms with E-state index < -0.39 is 35.8 Å². The maximum atomic E-state index is 13.6. The van der Waals surface area contributed by atoms with Gasteiger partial charge in [-0.3, -0.25) is 14.4 Å². The van der Waals surface area contributed by atoms with Gasteiger partial charge >= 0.3 is 6.09 Å². The Balaban J connectivity index is 0.981. The van der Waals surface area contributed by atoms with Crippen molar-refractivity contribution in [2.75, 3.05) is 36.1 Å². The first-order valence-corrected chi connectivity index (χ1v) is 19.5. The zero-order valence-corrected chi connectivity index (χ0v) is 31.8. The van der Waals surface area contributed by atoms with Crippen LogP contribution in [0.15, 0.2) is 109 Å². The largest absolute Gasteiger partial charge is 0.445 e. The summed E-state index contributed by atoms with van der Waals surface area (Å²) in [5.74, 6) is -1.02. The Morgan fingerprint density at radius 1 is 0.860 bits per heavy atom. The molecule has 4 fully saturated rings. The van der Waals surface area contributed by atoms with E-state index in [1.807, 2.05) is 91.0 Å². The zero-order valence-electron chi connectivity index (χ0n) is 31.8.